The van der Waals surface area contributed by atoms with Crippen molar-refractivity contribution < 1.29 is 13.2 Å². The van der Waals surface area contributed by atoms with Crippen LogP contribution in [0.25, 0.3) is 0 Å². The van der Waals surface area contributed by atoms with Crippen molar-refractivity contribution in [1.82, 2.24) is 9.62 Å². The van der Waals surface area contributed by atoms with E-state index in [9.17, 15) is 13.2 Å². The molecule has 5 nitrogen and oxygen atoms in total. The lowest BCUT2D eigenvalue weighted by Crippen LogP contribution is -2.38. The molecule has 0 aliphatic carbocycles. The fourth-order valence-electron chi connectivity index (χ4n) is 2.15. The summed E-state index contributed by atoms with van der Waals surface area (Å²) in [6.07, 6.45) is 0. The van der Waals surface area contributed by atoms with Gasteiger partial charge < -0.3 is 5.32 Å². The summed E-state index contributed by atoms with van der Waals surface area (Å²) in [5.41, 5.74) is 2.08. The molecule has 2 aromatic rings. The summed E-state index contributed by atoms with van der Waals surface area (Å²) in [5, 5.41) is 2.74. The first kappa shape index (κ1) is 18.6. The monoisotopic (exact) mass is 410 g/mol. The van der Waals surface area contributed by atoms with E-state index in [1.54, 1.807) is 12.1 Å². The quantitative estimate of drug-likeness (QED) is 0.795. The molecule has 2 aromatic carbocycles. The van der Waals surface area contributed by atoms with Gasteiger partial charge >= 0.3 is 0 Å². The number of hydrogen-bond donors (Lipinski definition) is 1. The topological polar surface area (TPSA) is 66.5 Å². The Morgan fingerprint density at radius 3 is 2.46 bits per heavy atom. The predicted octanol–water partition coefficient (Wildman–Crippen LogP) is 2.69. The van der Waals surface area contributed by atoms with Crippen LogP contribution in [0.4, 0.5) is 0 Å². The molecule has 0 unspecified atom stereocenters. The van der Waals surface area contributed by atoms with Crippen LogP contribution in [-0.4, -0.2) is 32.2 Å². The second-order valence-corrected chi connectivity index (χ2v) is 8.44. The first-order valence-corrected chi connectivity index (χ1v) is 9.56. The van der Waals surface area contributed by atoms with Crippen LogP contribution in [-0.2, 0) is 21.4 Å². The molecule has 0 bridgehead atoms. The van der Waals surface area contributed by atoms with E-state index >= 15 is 0 Å². The third-order valence-electron chi connectivity index (χ3n) is 3.46. The van der Waals surface area contributed by atoms with E-state index in [1.165, 1.54) is 19.2 Å². The largest absolute Gasteiger partial charge is 0.351 e. The van der Waals surface area contributed by atoms with Crippen LogP contribution >= 0.6 is 15.9 Å². The molecule has 24 heavy (non-hydrogen) atoms. The first-order chi connectivity index (χ1) is 11.3. The number of hydrogen-bond acceptors (Lipinski definition) is 3. The van der Waals surface area contributed by atoms with Crippen molar-refractivity contribution in [2.24, 2.45) is 0 Å². The second kappa shape index (κ2) is 7.92. The lowest BCUT2D eigenvalue weighted by atomic mass is 10.1. The Morgan fingerprint density at radius 1 is 1.17 bits per heavy atom. The lowest BCUT2D eigenvalue weighted by Gasteiger charge is -2.17. The molecular formula is C17H19BrN2O3S. The Balaban J connectivity index is 1.96. The molecule has 0 spiro atoms. The van der Waals surface area contributed by atoms with Crippen molar-refractivity contribution in [2.75, 3.05) is 13.6 Å². The molecule has 128 valence electrons. The number of benzene rings is 2. The van der Waals surface area contributed by atoms with Crippen LogP contribution in [0.1, 0.15) is 11.1 Å². The number of aryl methyl sites for hydroxylation is 1. The molecular weight excluding hydrogens is 392 g/mol. The summed E-state index contributed by atoms with van der Waals surface area (Å²) < 4.78 is 26.7. The highest BCUT2D eigenvalue weighted by Gasteiger charge is 2.22. The van der Waals surface area contributed by atoms with Gasteiger partial charge in [0.1, 0.15) is 0 Å². The number of amides is 1. The van der Waals surface area contributed by atoms with Crippen LogP contribution in [0.5, 0.6) is 0 Å². The minimum Gasteiger partial charge on any atom is -0.351 e. The van der Waals surface area contributed by atoms with Gasteiger partial charge in [0, 0.05) is 18.1 Å². The molecule has 0 radical (unpaired) electrons. The Morgan fingerprint density at radius 2 is 1.83 bits per heavy atom. The molecule has 7 heteroatoms. The van der Waals surface area contributed by atoms with Gasteiger partial charge in [0.15, 0.2) is 0 Å². The number of halogens is 1. The van der Waals surface area contributed by atoms with E-state index in [0.717, 1.165) is 19.9 Å². The molecule has 0 aliphatic heterocycles. The minimum absolute atomic E-state index is 0.152. The van der Waals surface area contributed by atoms with Crippen molar-refractivity contribution in [2.45, 2.75) is 18.4 Å². The van der Waals surface area contributed by atoms with E-state index in [0.29, 0.717) is 6.54 Å². The maximum absolute atomic E-state index is 12.4. The number of carbonyl (C=O) groups excluding carboxylic acids is 1. The van der Waals surface area contributed by atoms with Crippen LogP contribution in [0.3, 0.4) is 0 Å². The van der Waals surface area contributed by atoms with E-state index in [2.05, 4.69) is 21.2 Å². The van der Waals surface area contributed by atoms with Crippen molar-refractivity contribution in [3.8, 4) is 0 Å². The highest BCUT2D eigenvalue weighted by atomic mass is 79.9. The smallest absolute Gasteiger partial charge is 0.243 e. The van der Waals surface area contributed by atoms with Gasteiger partial charge in [-0.15, -0.1) is 0 Å². The molecule has 1 amide bonds. The fourth-order valence-corrected chi connectivity index (χ4v) is 3.54. The molecule has 2 rings (SSSR count). The molecule has 0 atom stereocenters. The zero-order chi connectivity index (χ0) is 17.7. The van der Waals surface area contributed by atoms with Gasteiger partial charge in [-0.1, -0.05) is 45.8 Å². The maximum atomic E-state index is 12.4. The molecule has 0 saturated heterocycles. The maximum Gasteiger partial charge on any atom is 0.243 e. The van der Waals surface area contributed by atoms with Crippen LogP contribution in [0.2, 0.25) is 0 Å². The van der Waals surface area contributed by atoms with Crippen molar-refractivity contribution in [3.63, 3.8) is 0 Å². The Hall–Kier alpha value is -1.70. The van der Waals surface area contributed by atoms with Crippen molar-refractivity contribution in [3.05, 3.63) is 64.1 Å². The van der Waals surface area contributed by atoms with E-state index in [-0.39, 0.29) is 17.3 Å². The summed E-state index contributed by atoms with van der Waals surface area (Å²) >= 11 is 3.26. The minimum atomic E-state index is -3.69. The van der Waals surface area contributed by atoms with E-state index in [1.807, 2.05) is 31.2 Å². The Labute approximate surface area is 150 Å². The summed E-state index contributed by atoms with van der Waals surface area (Å²) in [6.45, 7) is 2.11. The third-order valence-corrected chi connectivity index (χ3v) is 5.81. The van der Waals surface area contributed by atoms with Gasteiger partial charge in [-0.2, -0.15) is 4.31 Å². The number of carbonyl (C=O) groups is 1. The SMILES string of the molecule is Cc1cccc(CNC(=O)CN(C)S(=O)(=O)c2ccc(Br)cc2)c1. The van der Waals surface area contributed by atoms with Gasteiger partial charge in [0.25, 0.3) is 0 Å². The zero-order valence-electron chi connectivity index (χ0n) is 13.5. The number of likely N-dealkylation sites (N-methyl/N-ethyl adjacent to an activating group) is 1. The van der Waals surface area contributed by atoms with Crippen LogP contribution in [0, 0.1) is 6.92 Å². The van der Waals surface area contributed by atoms with Gasteiger partial charge in [0.2, 0.25) is 15.9 Å². The molecule has 0 aliphatic rings. The highest BCUT2D eigenvalue weighted by molar-refractivity contribution is 9.10. The van der Waals surface area contributed by atoms with E-state index < -0.39 is 10.0 Å². The summed E-state index contributed by atoms with van der Waals surface area (Å²) in [6, 6.07) is 14.1. The number of sulfonamides is 1. The Kier molecular flexibility index (Phi) is 6.15. The lowest BCUT2D eigenvalue weighted by molar-refractivity contribution is -0.121. The second-order valence-electron chi connectivity index (χ2n) is 5.48. The first-order valence-electron chi connectivity index (χ1n) is 7.33. The molecule has 1 N–H and O–H groups in total. The molecule has 0 aromatic heterocycles. The summed E-state index contributed by atoms with van der Waals surface area (Å²) in [5.74, 6) is -0.348. The number of nitrogens with zero attached hydrogens (tertiary/aromatic N) is 1. The number of nitrogens with one attached hydrogen (secondary N) is 1. The number of rotatable bonds is 6. The fraction of sp³-hybridized carbons (Fsp3) is 0.235. The average molecular weight is 411 g/mol. The van der Waals surface area contributed by atoms with Gasteiger partial charge in [-0.25, -0.2) is 8.42 Å². The predicted molar refractivity (Wildman–Crippen MR) is 97.0 cm³/mol. The van der Waals surface area contributed by atoms with Crippen molar-refractivity contribution in [1.29, 1.82) is 0 Å². The molecule has 0 fully saturated rings. The summed E-state index contributed by atoms with van der Waals surface area (Å²) in [4.78, 5) is 12.2. The highest BCUT2D eigenvalue weighted by Crippen LogP contribution is 2.17. The third kappa shape index (κ3) is 4.90. The van der Waals surface area contributed by atoms with Gasteiger partial charge in [0.05, 0.1) is 11.4 Å². The zero-order valence-corrected chi connectivity index (χ0v) is 15.9. The normalized spacial score (nSPS) is 11.5. The Bertz CT molecular complexity index is 820. The van der Waals surface area contributed by atoms with Crippen molar-refractivity contribution >= 4 is 31.9 Å². The molecule has 0 saturated carbocycles. The van der Waals surface area contributed by atoms with Crippen LogP contribution < -0.4 is 5.32 Å². The molecule has 0 heterocycles. The van der Waals surface area contributed by atoms with Gasteiger partial charge in [-0.05, 0) is 36.8 Å². The summed E-state index contributed by atoms with van der Waals surface area (Å²) in [7, 11) is -2.30. The average Bonchev–Trinajstić information content (AvgIpc) is 2.53. The van der Waals surface area contributed by atoms with E-state index in [4.69, 9.17) is 0 Å². The van der Waals surface area contributed by atoms with Crippen LogP contribution in [0.15, 0.2) is 57.9 Å². The van der Waals surface area contributed by atoms with Gasteiger partial charge in [-0.3, -0.25) is 4.79 Å². The standard InChI is InChI=1S/C17H19BrN2O3S/c1-13-4-3-5-14(10-13)11-19-17(21)12-20(2)24(22,23)16-8-6-15(18)7-9-16/h3-10H,11-12H2,1-2H3,(H,19,21).